The molecule has 1 saturated heterocycles. The Kier molecular flexibility index (Phi) is 10.1. The van der Waals surface area contributed by atoms with Gasteiger partial charge >= 0.3 is 0 Å². The van der Waals surface area contributed by atoms with Crippen molar-refractivity contribution >= 4 is 23.4 Å². The van der Waals surface area contributed by atoms with Crippen LogP contribution in [0.15, 0.2) is 73.1 Å². The second-order valence-electron chi connectivity index (χ2n) is 13.5. The Hall–Kier alpha value is -4.82. The highest BCUT2D eigenvalue weighted by Crippen LogP contribution is 2.31. The smallest absolute Gasteiger partial charge is 0.254 e. The predicted octanol–water partition coefficient (Wildman–Crippen LogP) is 5.04. The van der Waals surface area contributed by atoms with Gasteiger partial charge in [-0.15, -0.1) is 0 Å². The zero-order valence-corrected chi connectivity index (χ0v) is 28.0. The van der Waals surface area contributed by atoms with Gasteiger partial charge in [0, 0.05) is 74.0 Å². The Bertz CT molecular complexity index is 1800. The van der Waals surface area contributed by atoms with Gasteiger partial charge in [0.1, 0.15) is 11.5 Å². The van der Waals surface area contributed by atoms with Crippen molar-refractivity contribution in [2.75, 3.05) is 43.9 Å². The van der Waals surface area contributed by atoms with Crippen LogP contribution in [0.25, 0.3) is 11.1 Å². The van der Waals surface area contributed by atoms with E-state index in [-0.39, 0.29) is 24.1 Å². The molecule has 0 atom stereocenters. The minimum atomic E-state index is -0.224. The third kappa shape index (κ3) is 8.81. The fourth-order valence-corrected chi connectivity index (χ4v) is 6.31. The first kappa shape index (κ1) is 32.7. The average Bonchev–Trinajstić information content (AvgIpc) is 3.95. The number of hydrogen-bond donors (Lipinski definition) is 4. The van der Waals surface area contributed by atoms with Gasteiger partial charge in [-0.05, 0) is 99.0 Å². The lowest BCUT2D eigenvalue weighted by Gasteiger charge is -2.32. The maximum Gasteiger partial charge on any atom is 0.254 e. The molecule has 2 aliphatic carbocycles. The normalized spacial score (nSPS) is 19.8. The molecule has 7 rings (SSSR count). The van der Waals surface area contributed by atoms with Crippen molar-refractivity contribution in [3.63, 3.8) is 0 Å². The van der Waals surface area contributed by atoms with Crippen LogP contribution in [-0.4, -0.2) is 87.2 Å². The fraction of sp³-hybridized carbons (Fsp3) is 0.385. The van der Waals surface area contributed by atoms with Crippen LogP contribution in [0.4, 0.5) is 17.5 Å². The molecule has 2 aromatic carbocycles. The van der Waals surface area contributed by atoms with E-state index in [4.69, 9.17) is 9.97 Å². The number of pyridine rings is 1. The van der Waals surface area contributed by atoms with Gasteiger partial charge < -0.3 is 26.0 Å². The monoisotopic (exact) mass is 656 g/mol. The van der Waals surface area contributed by atoms with Gasteiger partial charge in [-0.1, -0.05) is 30.2 Å². The quantitative estimate of drug-likeness (QED) is 0.184. The van der Waals surface area contributed by atoms with Gasteiger partial charge in [0.2, 0.25) is 5.95 Å². The summed E-state index contributed by atoms with van der Waals surface area (Å²) in [5, 5.41) is 20.1. The van der Waals surface area contributed by atoms with E-state index in [1.54, 1.807) is 18.3 Å². The van der Waals surface area contributed by atoms with Crippen LogP contribution in [0.2, 0.25) is 0 Å². The number of aliphatic hydroxyl groups is 1. The summed E-state index contributed by atoms with van der Waals surface area (Å²) in [5.41, 5.74) is 5.92. The number of likely N-dealkylation sites (N-methyl/N-ethyl adjacent to an activating group) is 1. The molecule has 3 heterocycles. The standard InChI is InChI=1S/C39H44N8O2/c1-46-21-23-47(24-22-46)26-28-4-9-29(10-5-28)35-25-41-39(45-37(35)42-30-15-17-33(48)18-16-30)44-32-11-6-27(7-12-32)8-19-36-34(3-2-20-40-36)38(49)43-31-13-14-31/h2-7,9-12,20,25,30-31,33,48H,13-18,21-24,26H2,1H3,(H,43,49)(H2,41,42,44,45). The molecule has 0 radical (unpaired) electrons. The van der Waals surface area contributed by atoms with E-state index in [1.807, 2.05) is 30.5 Å². The van der Waals surface area contributed by atoms with Gasteiger partial charge in [0.05, 0.1) is 11.7 Å². The molecule has 2 aromatic heterocycles. The number of benzene rings is 2. The van der Waals surface area contributed by atoms with Crippen molar-refractivity contribution in [1.29, 1.82) is 0 Å². The molecule has 252 valence electrons. The number of aromatic nitrogens is 3. The van der Waals surface area contributed by atoms with Crippen LogP contribution in [0.3, 0.4) is 0 Å². The molecule has 10 nitrogen and oxygen atoms in total. The number of hydrogen-bond acceptors (Lipinski definition) is 9. The summed E-state index contributed by atoms with van der Waals surface area (Å²) in [7, 11) is 2.18. The van der Waals surface area contributed by atoms with Crippen molar-refractivity contribution in [1.82, 2.24) is 30.1 Å². The Morgan fingerprint density at radius 2 is 1.61 bits per heavy atom. The molecular weight excluding hydrogens is 612 g/mol. The summed E-state index contributed by atoms with van der Waals surface area (Å²) < 4.78 is 0. The Morgan fingerprint density at radius 3 is 2.35 bits per heavy atom. The van der Waals surface area contributed by atoms with E-state index in [1.165, 1.54) is 5.56 Å². The molecule has 1 amide bonds. The maximum atomic E-state index is 12.6. The lowest BCUT2D eigenvalue weighted by Crippen LogP contribution is -2.43. The number of aliphatic hydroxyl groups excluding tert-OH is 1. The zero-order chi connectivity index (χ0) is 33.6. The number of nitrogens with zero attached hydrogens (tertiary/aromatic N) is 5. The van der Waals surface area contributed by atoms with E-state index >= 15 is 0 Å². The number of carbonyl (C=O) groups is 1. The summed E-state index contributed by atoms with van der Waals surface area (Å²) in [6.07, 6.45) is 8.72. The molecule has 1 aliphatic heterocycles. The van der Waals surface area contributed by atoms with Crippen molar-refractivity contribution in [3.8, 4) is 23.0 Å². The highest BCUT2D eigenvalue weighted by molar-refractivity contribution is 5.96. The summed E-state index contributed by atoms with van der Waals surface area (Å²) in [6, 6.07) is 20.5. The fourth-order valence-electron chi connectivity index (χ4n) is 6.31. The number of piperazine rings is 1. The first-order valence-corrected chi connectivity index (χ1v) is 17.4. The lowest BCUT2D eigenvalue weighted by molar-refractivity contribution is 0.0950. The van der Waals surface area contributed by atoms with Crippen LogP contribution >= 0.6 is 0 Å². The Labute approximate surface area is 288 Å². The molecule has 10 heteroatoms. The minimum absolute atomic E-state index is 0.126. The number of amides is 1. The van der Waals surface area contributed by atoms with Crippen molar-refractivity contribution in [2.45, 2.75) is 63.3 Å². The van der Waals surface area contributed by atoms with E-state index < -0.39 is 0 Å². The Balaban J connectivity index is 1.05. The Morgan fingerprint density at radius 1 is 0.878 bits per heavy atom. The topological polar surface area (TPSA) is 119 Å². The molecule has 49 heavy (non-hydrogen) atoms. The maximum absolute atomic E-state index is 12.6. The summed E-state index contributed by atoms with van der Waals surface area (Å²) in [4.78, 5) is 31.5. The largest absolute Gasteiger partial charge is 0.393 e. The van der Waals surface area contributed by atoms with Gasteiger partial charge in [-0.25, -0.2) is 9.97 Å². The van der Waals surface area contributed by atoms with Crippen molar-refractivity contribution in [2.24, 2.45) is 0 Å². The van der Waals surface area contributed by atoms with Gasteiger partial charge in [-0.2, -0.15) is 4.98 Å². The van der Waals surface area contributed by atoms with Crippen molar-refractivity contribution < 1.29 is 9.90 Å². The number of rotatable bonds is 9. The van der Waals surface area contributed by atoms with Crippen molar-refractivity contribution in [3.05, 3.63) is 95.4 Å². The first-order valence-electron chi connectivity index (χ1n) is 17.4. The molecular formula is C39H44N8O2. The number of nitrogens with one attached hydrogen (secondary N) is 3. The highest BCUT2D eigenvalue weighted by atomic mass is 16.3. The van der Waals surface area contributed by atoms with Crippen LogP contribution < -0.4 is 16.0 Å². The molecule has 0 unspecified atom stereocenters. The van der Waals surface area contributed by atoms with E-state index in [9.17, 15) is 9.90 Å². The SMILES string of the molecule is CN1CCN(Cc2ccc(-c3cnc(Nc4ccc(C#Cc5ncccc5C(=O)NC5CC5)cc4)nc3NC3CCC(O)CC3)cc2)CC1. The van der Waals surface area contributed by atoms with Gasteiger partial charge in [-0.3, -0.25) is 9.69 Å². The summed E-state index contributed by atoms with van der Waals surface area (Å²) in [5.74, 6) is 7.37. The molecule has 0 spiro atoms. The van der Waals surface area contributed by atoms with Gasteiger partial charge in [0.25, 0.3) is 5.91 Å². The minimum Gasteiger partial charge on any atom is -0.393 e. The molecule has 0 bridgehead atoms. The molecule has 3 aliphatic rings. The number of carbonyl (C=O) groups excluding carboxylic acids is 1. The van der Waals surface area contributed by atoms with Crippen LogP contribution in [0.5, 0.6) is 0 Å². The van der Waals surface area contributed by atoms with Gasteiger partial charge in [0.15, 0.2) is 0 Å². The van der Waals surface area contributed by atoms with Crippen LogP contribution in [0.1, 0.15) is 65.7 Å². The summed E-state index contributed by atoms with van der Waals surface area (Å²) in [6.45, 7) is 5.35. The average molecular weight is 657 g/mol. The zero-order valence-electron chi connectivity index (χ0n) is 28.0. The third-order valence-corrected chi connectivity index (χ3v) is 9.52. The van der Waals surface area contributed by atoms with Crippen LogP contribution in [0, 0.1) is 11.8 Å². The summed E-state index contributed by atoms with van der Waals surface area (Å²) >= 11 is 0. The molecule has 4 N–H and O–H groups in total. The van der Waals surface area contributed by atoms with E-state index in [0.29, 0.717) is 17.2 Å². The third-order valence-electron chi connectivity index (χ3n) is 9.52. The predicted molar refractivity (Wildman–Crippen MR) is 193 cm³/mol. The first-order chi connectivity index (χ1) is 23.9. The molecule has 4 aromatic rings. The molecule has 2 saturated carbocycles. The number of anilines is 3. The second kappa shape index (κ2) is 15.2. The van der Waals surface area contributed by atoms with E-state index in [2.05, 4.69) is 73.9 Å². The van der Waals surface area contributed by atoms with E-state index in [0.717, 1.165) is 99.4 Å². The highest BCUT2D eigenvalue weighted by Gasteiger charge is 2.25. The molecule has 3 fully saturated rings. The second-order valence-corrected chi connectivity index (χ2v) is 13.5. The van der Waals surface area contributed by atoms with Crippen LogP contribution in [-0.2, 0) is 6.54 Å². The lowest BCUT2D eigenvalue weighted by atomic mass is 9.93.